The summed E-state index contributed by atoms with van der Waals surface area (Å²) in [7, 11) is 0. The van der Waals surface area contributed by atoms with Crippen LogP contribution in [0.15, 0.2) is 0 Å². The van der Waals surface area contributed by atoms with Gasteiger partial charge in [-0.05, 0) is 13.0 Å². The molecule has 1 N–H and O–H groups in total. The SMILES string of the molecule is O=C1COC(=O)N1[C@H]1CCNC1. The minimum Gasteiger partial charge on any atom is -0.439 e. The number of imide groups is 1. The van der Waals surface area contributed by atoms with E-state index in [-0.39, 0.29) is 18.6 Å². The Morgan fingerprint density at radius 2 is 2.33 bits per heavy atom. The third kappa shape index (κ3) is 1.06. The molecule has 2 aliphatic rings. The molecule has 5 nitrogen and oxygen atoms in total. The molecule has 0 saturated carbocycles. The lowest BCUT2D eigenvalue weighted by molar-refractivity contribution is -0.127. The summed E-state index contributed by atoms with van der Waals surface area (Å²) >= 11 is 0. The molecule has 5 heteroatoms. The summed E-state index contributed by atoms with van der Waals surface area (Å²) in [5, 5.41) is 3.09. The van der Waals surface area contributed by atoms with Gasteiger partial charge in [0.2, 0.25) is 0 Å². The fraction of sp³-hybridized carbons (Fsp3) is 0.714. The molecule has 2 aliphatic heterocycles. The molecule has 12 heavy (non-hydrogen) atoms. The van der Waals surface area contributed by atoms with Gasteiger partial charge in [-0.3, -0.25) is 4.79 Å². The average molecular weight is 170 g/mol. The molecule has 0 aromatic heterocycles. The number of cyclic esters (lactones) is 1. The van der Waals surface area contributed by atoms with Gasteiger partial charge in [-0.25, -0.2) is 9.69 Å². The molecule has 0 aromatic carbocycles. The monoisotopic (exact) mass is 170 g/mol. The lowest BCUT2D eigenvalue weighted by Gasteiger charge is -2.17. The van der Waals surface area contributed by atoms with E-state index < -0.39 is 6.09 Å². The maximum absolute atomic E-state index is 11.1. The van der Waals surface area contributed by atoms with E-state index in [9.17, 15) is 9.59 Å². The molecule has 1 atom stereocenters. The number of hydrogen-bond donors (Lipinski definition) is 1. The van der Waals surface area contributed by atoms with Crippen LogP contribution in [0.5, 0.6) is 0 Å². The number of nitrogens with one attached hydrogen (secondary N) is 1. The van der Waals surface area contributed by atoms with Gasteiger partial charge in [0.25, 0.3) is 5.91 Å². The van der Waals surface area contributed by atoms with Crippen molar-refractivity contribution in [1.29, 1.82) is 0 Å². The predicted octanol–water partition coefficient (Wildman–Crippen LogP) is -0.673. The Hall–Kier alpha value is -1.10. The summed E-state index contributed by atoms with van der Waals surface area (Å²) in [6, 6.07) is 0.00694. The van der Waals surface area contributed by atoms with E-state index >= 15 is 0 Å². The summed E-state index contributed by atoms with van der Waals surface area (Å²) in [5.41, 5.74) is 0. The Morgan fingerprint density at radius 3 is 2.83 bits per heavy atom. The Kier molecular flexibility index (Phi) is 1.73. The zero-order chi connectivity index (χ0) is 8.55. The van der Waals surface area contributed by atoms with E-state index in [1.54, 1.807) is 0 Å². The van der Waals surface area contributed by atoms with Crippen molar-refractivity contribution in [3.05, 3.63) is 0 Å². The van der Waals surface area contributed by atoms with Crippen molar-refractivity contribution in [1.82, 2.24) is 10.2 Å². The van der Waals surface area contributed by atoms with Gasteiger partial charge in [-0.2, -0.15) is 0 Å². The first-order chi connectivity index (χ1) is 5.79. The number of nitrogens with zero attached hydrogens (tertiary/aromatic N) is 1. The Balaban J connectivity index is 2.09. The fourth-order valence-electron chi connectivity index (χ4n) is 1.58. The highest BCUT2D eigenvalue weighted by Gasteiger charge is 2.37. The van der Waals surface area contributed by atoms with E-state index in [1.807, 2.05) is 0 Å². The van der Waals surface area contributed by atoms with Gasteiger partial charge >= 0.3 is 6.09 Å². The first kappa shape index (κ1) is 7.54. The van der Waals surface area contributed by atoms with Crippen LogP contribution in [0, 0.1) is 0 Å². The largest absolute Gasteiger partial charge is 0.439 e. The number of ether oxygens (including phenoxy) is 1. The smallest absolute Gasteiger partial charge is 0.417 e. The maximum atomic E-state index is 11.1. The number of carbonyl (C=O) groups is 2. The molecule has 0 spiro atoms. The van der Waals surface area contributed by atoms with Crippen molar-refractivity contribution in [3.8, 4) is 0 Å². The zero-order valence-electron chi connectivity index (χ0n) is 6.58. The van der Waals surface area contributed by atoms with E-state index in [2.05, 4.69) is 10.1 Å². The van der Waals surface area contributed by atoms with Crippen LogP contribution >= 0.6 is 0 Å². The van der Waals surface area contributed by atoms with Crippen LogP contribution in [-0.2, 0) is 9.53 Å². The molecule has 2 rings (SSSR count). The number of hydrogen-bond acceptors (Lipinski definition) is 4. The second kappa shape index (κ2) is 2.75. The topological polar surface area (TPSA) is 58.6 Å². The fourth-order valence-corrected chi connectivity index (χ4v) is 1.58. The van der Waals surface area contributed by atoms with E-state index in [1.165, 1.54) is 4.90 Å². The summed E-state index contributed by atoms with van der Waals surface area (Å²) in [6.07, 6.45) is 0.342. The molecule has 0 unspecified atom stereocenters. The van der Waals surface area contributed by atoms with E-state index in [0.29, 0.717) is 6.54 Å². The normalized spacial score (nSPS) is 29.7. The zero-order valence-corrected chi connectivity index (χ0v) is 6.58. The number of carbonyl (C=O) groups excluding carboxylic acids is 2. The van der Waals surface area contributed by atoms with E-state index in [0.717, 1.165) is 13.0 Å². The summed E-state index contributed by atoms with van der Waals surface area (Å²) in [5.74, 6) is -0.214. The first-order valence-corrected chi connectivity index (χ1v) is 3.98. The maximum Gasteiger partial charge on any atom is 0.417 e. The lowest BCUT2D eigenvalue weighted by Crippen LogP contribution is -2.40. The third-order valence-electron chi connectivity index (χ3n) is 2.18. The van der Waals surface area contributed by atoms with Gasteiger partial charge in [-0.1, -0.05) is 0 Å². The molecule has 0 aromatic rings. The summed E-state index contributed by atoms with van der Waals surface area (Å²) < 4.78 is 4.60. The Labute approximate surface area is 69.7 Å². The second-order valence-corrected chi connectivity index (χ2v) is 2.96. The van der Waals surface area contributed by atoms with Crippen molar-refractivity contribution in [2.75, 3.05) is 19.7 Å². The van der Waals surface area contributed by atoms with E-state index in [4.69, 9.17) is 0 Å². The molecule has 2 saturated heterocycles. The van der Waals surface area contributed by atoms with Crippen molar-refractivity contribution in [3.63, 3.8) is 0 Å². The highest BCUT2D eigenvalue weighted by atomic mass is 16.6. The van der Waals surface area contributed by atoms with Crippen molar-refractivity contribution < 1.29 is 14.3 Å². The minimum atomic E-state index is -0.492. The van der Waals surface area contributed by atoms with Gasteiger partial charge in [0, 0.05) is 6.54 Å². The van der Waals surface area contributed by atoms with Crippen LogP contribution < -0.4 is 5.32 Å². The lowest BCUT2D eigenvalue weighted by atomic mass is 10.2. The Morgan fingerprint density at radius 1 is 1.50 bits per heavy atom. The molecule has 0 aliphatic carbocycles. The van der Waals surface area contributed by atoms with Crippen molar-refractivity contribution in [2.24, 2.45) is 0 Å². The van der Waals surface area contributed by atoms with Gasteiger partial charge in [0.15, 0.2) is 6.61 Å². The van der Waals surface area contributed by atoms with Crippen LogP contribution in [-0.4, -0.2) is 42.6 Å². The minimum absolute atomic E-state index is 0.00694. The quantitative estimate of drug-likeness (QED) is 0.567. The van der Waals surface area contributed by atoms with Crippen LogP contribution in [0.2, 0.25) is 0 Å². The van der Waals surface area contributed by atoms with Gasteiger partial charge in [0.05, 0.1) is 6.04 Å². The van der Waals surface area contributed by atoms with Crippen molar-refractivity contribution in [2.45, 2.75) is 12.5 Å². The number of rotatable bonds is 1. The average Bonchev–Trinajstić information content (AvgIpc) is 2.61. The van der Waals surface area contributed by atoms with Gasteiger partial charge < -0.3 is 10.1 Å². The van der Waals surface area contributed by atoms with Gasteiger partial charge in [0.1, 0.15) is 0 Å². The molecular formula is C7H10N2O3. The van der Waals surface area contributed by atoms with Crippen LogP contribution in [0.1, 0.15) is 6.42 Å². The number of amides is 2. The summed E-state index contributed by atoms with van der Waals surface area (Å²) in [6.45, 7) is 1.47. The Bertz CT molecular complexity index is 207. The van der Waals surface area contributed by atoms with Crippen molar-refractivity contribution >= 4 is 12.0 Å². The van der Waals surface area contributed by atoms with Crippen LogP contribution in [0.3, 0.4) is 0 Å². The predicted molar refractivity (Wildman–Crippen MR) is 39.5 cm³/mol. The molecule has 2 amide bonds. The third-order valence-corrected chi connectivity index (χ3v) is 2.18. The summed E-state index contributed by atoms with van der Waals surface area (Å²) in [4.78, 5) is 23.4. The molecule has 0 bridgehead atoms. The molecular weight excluding hydrogens is 160 g/mol. The highest BCUT2D eigenvalue weighted by molar-refractivity contribution is 5.98. The molecule has 2 heterocycles. The molecule has 2 fully saturated rings. The first-order valence-electron chi connectivity index (χ1n) is 3.98. The molecule has 0 radical (unpaired) electrons. The van der Waals surface area contributed by atoms with Crippen LogP contribution in [0.4, 0.5) is 4.79 Å². The van der Waals surface area contributed by atoms with Crippen LogP contribution in [0.25, 0.3) is 0 Å². The highest BCUT2D eigenvalue weighted by Crippen LogP contribution is 2.14. The second-order valence-electron chi connectivity index (χ2n) is 2.96. The standard InChI is InChI=1S/C7H10N2O3/c10-6-4-12-7(11)9(6)5-1-2-8-3-5/h5,8H,1-4H2/t5-/m0/s1. The molecule has 66 valence electrons. The van der Waals surface area contributed by atoms with Gasteiger partial charge in [-0.15, -0.1) is 0 Å².